The fourth-order valence-electron chi connectivity index (χ4n) is 1.98. The fourth-order valence-corrected chi connectivity index (χ4v) is 2.75. The van der Waals surface area contributed by atoms with Gasteiger partial charge in [-0.1, -0.05) is 15.9 Å². The first-order valence-electron chi connectivity index (χ1n) is 5.62. The number of halogens is 2. The van der Waals surface area contributed by atoms with Crippen molar-refractivity contribution in [1.82, 2.24) is 14.5 Å². The molecule has 0 radical (unpaired) electrons. The maximum absolute atomic E-state index is 6.03. The SMILES string of the molecule is Cc1cnc2c(c1)nc(N)n2-c1cc(Br)ccc1Br. The van der Waals surface area contributed by atoms with Crippen molar-refractivity contribution in [3.63, 3.8) is 0 Å². The fraction of sp³-hybridized carbons (Fsp3) is 0.0769. The highest BCUT2D eigenvalue weighted by molar-refractivity contribution is 9.11. The molecule has 2 N–H and O–H groups in total. The van der Waals surface area contributed by atoms with Gasteiger partial charge in [0.1, 0.15) is 5.52 Å². The van der Waals surface area contributed by atoms with E-state index in [0.717, 1.165) is 31.4 Å². The molecular formula is C13H10Br2N4. The highest BCUT2D eigenvalue weighted by Gasteiger charge is 2.14. The molecule has 0 bridgehead atoms. The van der Waals surface area contributed by atoms with Gasteiger partial charge in [-0.15, -0.1) is 0 Å². The van der Waals surface area contributed by atoms with Gasteiger partial charge in [0.2, 0.25) is 5.95 Å². The van der Waals surface area contributed by atoms with E-state index in [1.807, 2.05) is 42.0 Å². The molecule has 3 rings (SSSR count). The largest absolute Gasteiger partial charge is 0.369 e. The number of aryl methyl sites for hydroxylation is 1. The minimum absolute atomic E-state index is 0.423. The molecule has 2 heterocycles. The van der Waals surface area contributed by atoms with Crippen molar-refractivity contribution in [3.05, 3.63) is 45.0 Å². The molecule has 0 saturated carbocycles. The summed E-state index contributed by atoms with van der Waals surface area (Å²) in [6, 6.07) is 7.86. The number of hydrogen-bond donors (Lipinski definition) is 1. The Morgan fingerprint density at radius 2 is 2.00 bits per heavy atom. The van der Waals surface area contributed by atoms with E-state index in [1.54, 1.807) is 0 Å². The molecule has 0 aliphatic heterocycles. The highest BCUT2D eigenvalue weighted by Crippen LogP contribution is 2.29. The summed E-state index contributed by atoms with van der Waals surface area (Å²) in [6.45, 7) is 1.98. The Kier molecular flexibility index (Phi) is 3.06. The summed E-state index contributed by atoms with van der Waals surface area (Å²) in [5.41, 5.74) is 9.55. The van der Waals surface area contributed by atoms with E-state index in [-0.39, 0.29) is 0 Å². The van der Waals surface area contributed by atoms with Gasteiger partial charge in [0.15, 0.2) is 5.65 Å². The topological polar surface area (TPSA) is 56.7 Å². The van der Waals surface area contributed by atoms with E-state index in [0.29, 0.717) is 5.95 Å². The molecule has 6 heteroatoms. The van der Waals surface area contributed by atoms with Crippen LogP contribution in [0.3, 0.4) is 0 Å². The highest BCUT2D eigenvalue weighted by atomic mass is 79.9. The molecular weight excluding hydrogens is 372 g/mol. The maximum Gasteiger partial charge on any atom is 0.207 e. The second-order valence-electron chi connectivity index (χ2n) is 4.26. The maximum atomic E-state index is 6.03. The first kappa shape index (κ1) is 12.6. The van der Waals surface area contributed by atoms with Crippen molar-refractivity contribution >= 4 is 49.0 Å². The number of nitrogens with zero attached hydrogens (tertiary/aromatic N) is 3. The normalized spacial score (nSPS) is 11.1. The molecule has 0 unspecified atom stereocenters. The number of aromatic nitrogens is 3. The summed E-state index contributed by atoms with van der Waals surface area (Å²) < 4.78 is 3.74. The molecule has 0 amide bonds. The Bertz CT molecular complexity index is 780. The van der Waals surface area contributed by atoms with Gasteiger partial charge in [-0.2, -0.15) is 0 Å². The summed E-state index contributed by atoms with van der Waals surface area (Å²) in [5, 5.41) is 0. The van der Waals surface area contributed by atoms with Crippen LogP contribution < -0.4 is 5.73 Å². The summed E-state index contributed by atoms with van der Waals surface area (Å²) in [4.78, 5) is 8.80. The van der Waals surface area contributed by atoms with Gasteiger partial charge in [-0.05, 0) is 52.7 Å². The molecule has 96 valence electrons. The van der Waals surface area contributed by atoms with Crippen LogP contribution in [0.25, 0.3) is 16.9 Å². The predicted molar refractivity (Wildman–Crippen MR) is 83.4 cm³/mol. The first-order chi connectivity index (χ1) is 9.06. The van der Waals surface area contributed by atoms with Gasteiger partial charge >= 0.3 is 0 Å². The smallest absolute Gasteiger partial charge is 0.207 e. The molecule has 4 nitrogen and oxygen atoms in total. The van der Waals surface area contributed by atoms with Crippen molar-refractivity contribution in [2.24, 2.45) is 0 Å². The van der Waals surface area contributed by atoms with Crippen molar-refractivity contribution in [1.29, 1.82) is 0 Å². The first-order valence-corrected chi connectivity index (χ1v) is 7.21. The third kappa shape index (κ3) is 2.15. The van der Waals surface area contributed by atoms with Crippen LogP contribution in [0.2, 0.25) is 0 Å². The van der Waals surface area contributed by atoms with Gasteiger partial charge in [0.25, 0.3) is 0 Å². The lowest BCUT2D eigenvalue weighted by Crippen LogP contribution is -2.02. The predicted octanol–water partition coefficient (Wildman–Crippen LogP) is 3.84. The molecule has 1 aromatic carbocycles. The van der Waals surface area contributed by atoms with Crippen LogP contribution in [0.15, 0.2) is 39.4 Å². The van der Waals surface area contributed by atoms with Gasteiger partial charge in [0.05, 0.1) is 5.69 Å². The number of benzene rings is 1. The molecule has 0 atom stereocenters. The van der Waals surface area contributed by atoms with Crippen molar-refractivity contribution in [2.45, 2.75) is 6.92 Å². The van der Waals surface area contributed by atoms with E-state index < -0.39 is 0 Å². The number of hydrogen-bond acceptors (Lipinski definition) is 3. The second-order valence-corrected chi connectivity index (χ2v) is 6.03. The summed E-state index contributed by atoms with van der Waals surface area (Å²) in [7, 11) is 0. The van der Waals surface area contributed by atoms with E-state index in [2.05, 4.69) is 41.8 Å². The zero-order valence-corrected chi connectivity index (χ0v) is 13.2. The Morgan fingerprint density at radius 3 is 2.79 bits per heavy atom. The quantitative estimate of drug-likeness (QED) is 0.696. The number of nitrogens with two attached hydrogens (primary N) is 1. The minimum atomic E-state index is 0.423. The molecule has 0 spiro atoms. The number of nitrogen functional groups attached to an aromatic ring is 1. The minimum Gasteiger partial charge on any atom is -0.369 e. The van der Waals surface area contributed by atoms with Crippen molar-refractivity contribution in [2.75, 3.05) is 5.73 Å². The monoisotopic (exact) mass is 380 g/mol. The van der Waals surface area contributed by atoms with E-state index >= 15 is 0 Å². The average molecular weight is 382 g/mol. The number of anilines is 1. The molecule has 0 saturated heterocycles. The Hall–Kier alpha value is -1.40. The van der Waals surface area contributed by atoms with E-state index in [4.69, 9.17) is 5.73 Å². The number of rotatable bonds is 1. The van der Waals surface area contributed by atoms with Gasteiger partial charge < -0.3 is 5.73 Å². The summed E-state index contributed by atoms with van der Waals surface area (Å²) in [5.74, 6) is 0.423. The Labute approximate surface area is 126 Å². The molecule has 0 aliphatic carbocycles. The zero-order valence-electron chi connectivity index (χ0n) is 10.1. The average Bonchev–Trinajstić information content (AvgIpc) is 2.67. The standard InChI is InChI=1S/C13H10Br2N4/c1-7-4-10-12(17-6-7)19(13(16)18-10)11-5-8(14)2-3-9(11)15/h2-6H,1H3,(H2,16,18). The molecule has 0 aliphatic rings. The van der Waals surface area contributed by atoms with Gasteiger partial charge in [-0.3, -0.25) is 4.57 Å². The number of fused-ring (bicyclic) bond motifs is 1. The lowest BCUT2D eigenvalue weighted by Gasteiger charge is -2.08. The molecule has 3 aromatic rings. The lowest BCUT2D eigenvalue weighted by atomic mass is 10.3. The molecule has 0 fully saturated rings. The lowest BCUT2D eigenvalue weighted by molar-refractivity contribution is 1.07. The number of pyridine rings is 1. The Morgan fingerprint density at radius 1 is 1.21 bits per heavy atom. The molecule has 19 heavy (non-hydrogen) atoms. The van der Waals surface area contributed by atoms with Crippen molar-refractivity contribution < 1.29 is 0 Å². The Balaban J connectivity index is 2.36. The summed E-state index contributed by atoms with van der Waals surface area (Å²) >= 11 is 7.00. The number of imidazole rings is 1. The van der Waals surface area contributed by atoms with Crippen LogP contribution in [0.4, 0.5) is 5.95 Å². The summed E-state index contributed by atoms with van der Waals surface area (Å²) in [6.07, 6.45) is 1.81. The third-order valence-electron chi connectivity index (χ3n) is 2.81. The van der Waals surface area contributed by atoms with Crippen molar-refractivity contribution in [3.8, 4) is 5.69 Å². The van der Waals surface area contributed by atoms with Crippen LogP contribution in [0.1, 0.15) is 5.56 Å². The van der Waals surface area contributed by atoms with Gasteiger partial charge in [-0.25, -0.2) is 9.97 Å². The van der Waals surface area contributed by atoms with Crippen LogP contribution in [-0.4, -0.2) is 14.5 Å². The van der Waals surface area contributed by atoms with E-state index in [1.165, 1.54) is 0 Å². The zero-order chi connectivity index (χ0) is 13.6. The van der Waals surface area contributed by atoms with Gasteiger partial charge in [0, 0.05) is 15.1 Å². The van der Waals surface area contributed by atoms with Crippen LogP contribution in [-0.2, 0) is 0 Å². The second kappa shape index (κ2) is 4.61. The third-order valence-corrected chi connectivity index (χ3v) is 3.97. The van der Waals surface area contributed by atoms with E-state index in [9.17, 15) is 0 Å². The van der Waals surface area contributed by atoms with Crippen LogP contribution >= 0.6 is 31.9 Å². The van der Waals surface area contributed by atoms with Crippen LogP contribution in [0.5, 0.6) is 0 Å². The molecule has 2 aromatic heterocycles. The van der Waals surface area contributed by atoms with Crippen LogP contribution in [0, 0.1) is 6.92 Å².